The second-order valence-corrected chi connectivity index (χ2v) is 4.35. The third kappa shape index (κ3) is 3.19. The minimum Gasteiger partial charge on any atom is -0.342 e. The maximum Gasteiger partial charge on any atom is 0.340 e. The molecule has 1 atom stereocenters. The number of benzene rings is 1. The third-order valence-corrected chi connectivity index (χ3v) is 2.62. The SMILES string of the molecule is CC(NC(=O)c1cc(F)cc(Cl)c1)c1n[nH]c(=O)[nH]1. The summed E-state index contributed by atoms with van der Waals surface area (Å²) in [6.07, 6.45) is 0. The molecule has 0 radical (unpaired) electrons. The molecular formula is C11H10ClFN4O2. The van der Waals surface area contributed by atoms with Gasteiger partial charge in [-0.3, -0.25) is 9.78 Å². The number of hydrogen-bond acceptors (Lipinski definition) is 3. The van der Waals surface area contributed by atoms with Crippen molar-refractivity contribution >= 4 is 17.5 Å². The van der Waals surface area contributed by atoms with Crippen molar-refractivity contribution in [1.29, 1.82) is 0 Å². The van der Waals surface area contributed by atoms with Gasteiger partial charge in [0.25, 0.3) is 5.91 Å². The van der Waals surface area contributed by atoms with Gasteiger partial charge >= 0.3 is 5.69 Å². The predicted molar refractivity (Wildman–Crippen MR) is 66.5 cm³/mol. The molecule has 0 spiro atoms. The van der Waals surface area contributed by atoms with Crippen LogP contribution >= 0.6 is 11.6 Å². The van der Waals surface area contributed by atoms with Crippen LogP contribution in [-0.2, 0) is 0 Å². The Morgan fingerprint density at radius 2 is 2.21 bits per heavy atom. The molecule has 2 aromatic rings. The van der Waals surface area contributed by atoms with Crippen molar-refractivity contribution in [3.05, 3.63) is 50.9 Å². The van der Waals surface area contributed by atoms with Crippen molar-refractivity contribution in [2.45, 2.75) is 13.0 Å². The Labute approximate surface area is 112 Å². The molecule has 0 aliphatic carbocycles. The van der Waals surface area contributed by atoms with Gasteiger partial charge in [0.1, 0.15) is 5.82 Å². The molecule has 0 aliphatic heterocycles. The first-order valence-corrected chi connectivity index (χ1v) is 5.75. The average molecular weight is 285 g/mol. The van der Waals surface area contributed by atoms with E-state index in [0.717, 1.165) is 12.1 Å². The molecule has 8 heteroatoms. The molecule has 2 rings (SSSR count). The van der Waals surface area contributed by atoms with E-state index in [4.69, 9.17) is 11.6 Å². The summed E-state index contributed by atoms with van der Waals surface area (Å²) in [7, 11) is 0. The van der Waals surface area contributed by atoms with Crippen molar-refractivity contribution in [3.8, 4) is 0 Å². The van der Waals surface area contributed by atoms with Gasteiger partial charge in [-0.25, -0.2) is 14.3 Å². The molecule has 1 aromatic heterocycles. The second-order valence-electron chi connectivity index (χ2n) is 3.92. The number of halogens is 2. The van der Waals surface area contributed by atoms with E-state index in [1.807, 2.05) is 0 Å². The topological polar surface area (TPSA) is 90.6 Å². The van der Waals surface area contributed by atoms with E-state index in [1.54, 1.807) is 6.92 Å². The summed E-state index contributed by atoms with van der Waals surface area (Å²) < 4.78 is 13.1. The summed E-state index contributed by atoms with van der Waals surface area (Å²) >= 11 is 5.67. The first-order valence-electron chi connectivity index (χ1n) is 5.37. The molecule has 1 unspecified atom stereocenters. The zero-order valence-electron chi connectivity index (χ0n) is 9.83. The van der Waals surface area contributed by atoms with Gasteiger partial charge < -0.3 is 5.32 Å². The number of aromatic amines is 2. The van der Waals surface area contributed by atoms with E-state index in [9.17, 15) is 14.0 Å². The molecule has 6 nitrogen and oxygen atoms in total. The van der Waals surface area contributed by atoms with Crippen molar-refractivity contribution in [2.75, 3.05) is 0 Å². The molecule has 19 heavy (non-hydrogen) atoms. The quantitative estimate of drug-likeness (QED) is 0.795. The van der Waals surface area contributed by atoms with Crippen LogP contribution in [0.5, 0.6) is 0 Å². The zero-order chi connectivity index (χ0) is 14.0. The van der Waals surface area contributed by atoms with Crippen LogP contribution in [-0.4, -0.2) is 21.1 Å². The van der Waals surface area contributed by atoms with Crippen molar-refractivity contribution in [2.24, 2.45) is 0 Å². The number of amides is 1. The summed E-state index contributed by atoms with van der Waals surface area (Å²) in [6.45, 7) is 1.63. The highest BCUT2D eigenvalue weighted by atomic mass is 35.5. The fourth-order valence-corrected chi connectivity index (χ4v) is 1.74. The van der Waals surface area contributed by atoms with E-state index in [2.05, 4.69) is 20.5 Å². The van der Waals surface area contributed by atoms with Crippen molar-refractivity contribution < 1.29 is 9.18 Å². The maximum atomic E-state index is 13.1. The molecule has 100 valence electrons. The van der Waals surface area contributed by atoms with E-state index in [-0.39, 0.29) is 16.4 Å². The summed E-state index contributed by atoms with van der Waals surface area (Å²) in [4.78, 5) is 25.2. The molecule has 1 heterocycles. The number of carbonyl (C=O) groups is 1. The Balaban J connectivity index is 2.14. The Bertz CT molecular complexity index is 646. The molecule has 1 amide bonds. The molecule has 0 aliphatic rings. The fraction of sp³-hybridized carbons (Fsp3) is 0.182. The van der Waals surface area contributed by atoms with Crippen LogP contribution in [0, 0.1) is 5.82 Å². The summed E-state index contributed by atoms with van der Waals surface area (Å²) in [5, 5.41) is 8.57. The highest BCUT2D eigenvalue weighted by Crippen LogP contribution is 2.15. The fourth-order valence-electron chi connectivity index (χ4n) is 1.52. The first-order chi connectivity index (χ1) is 8.95. The lowest BCUT2D eigenvalue weighted by Crippen LogP contribution is -2.27. The number of hydrogen-bond donors (Lipinski definition) is 3. The van der Waals surface area contributed by atoms with Crippen LogP contribution in [0.4, 0.5) is 4.39 Å². The monoisotopic (exact) mass is 284 g/mol. The smallest absolute Gasteiger partial charge is 0.340 e. The number of aromatic nitrogens is 3. The molecule has 0 fully saturated rings. The van der Waals surface area contributed by atoms with Gasteiger partial charge in [-0.05, 0) is 25.1 Å². The van der Waals surface area contributed by atoms with E-state index >= 15 is 0 Å². The largest absolute Gasteiger partial charge is 0.342 e. The standard InChI is InChI=1S/C11H10ClFN4O2/c1-5(9-15-11(19)17-16-9)14-10(18)6-2-7(12)4-8(13)3-6/h2-5H,1H3,(H,14,18)(H2,15,16,17,19). The first kappa shape index (κ1) is 13.3. The van der Waals surface area contributed by atoms with Gasteiger partial charge in [0.2, 0.25) is 0 Å². The number of nitrogens with zero attached hydrogens (tertiary/aromatic N) is 1. The Morgan fingerprint density at radius 1 is 1.47 bits per heavy atom. The Hall–Kier alpha value is -2.15. The highest BCUT2D eigenvalue weighted by Gasteiger charge is 2.15. The van der Waals surface area contributed by atoms with Crippen LogP contribution < -0.4 is 11.0 Å². The number of H-pyrrole nitrogens is 2. The number of nitrogens with one attached hydrogen (secondary N) is 3. The van der Waals surface area contributed by atoms with Gasteiger partial charge in [0.05, 0.1) is 6.04 Å². The van der Waals surface area contributed by atoms with Gasteiger partial charge in [-0.15, -0.1) is 0 Å². The lowest BCUT2D eigenvalue weighted by Gasteiger charge is -2.11. The number of rotatable bonds is 3. The minimum atomic E-state index is -0.599. The van der Waals surface area contributed by atoms with Crippen LogP contribution in [0.15, 0.2) is 23.0 Å². The lowest BCUT2D eigenvalue weighted by molar-refractivity contribution is 0.0938. The summed E-state index contributed by atoms with van der Waals surface area (Å²) in [5.74, 6) is -0.836. The van der Waals surface area contributed by atoms with Crippen LogP contribution in [0.2, 0.25) is 5.02 Å². The zero-order valence-corrected chi connectivity index (χ0v) is 10.6. The van der Waals surface area contributed by atoms with Gasteiger partial charge in [-0.1, -0.05) is 11.6 Å². The Morgan fingerprint density at radius 3 is 2.79 bits per heavy atom. The predicted octanol–water partition coefficient (Wildman–Crippen LogP) is 1.38. The molecule has 3 N–H and O–H groups in total. The molecule has 0 saturated carbocycles. The van der Waals surface area contributed by atoms with Gasteiger partial charge in [-0.2, -0.15) is 5.10 Å². The maximum absolute atomic E-state index is 13.1. The minimum absolute atomic E-state index is 0.0923. The molecule has 0 bridgehead atoms. The highest BCUT2D eigenvalue weighted by molar-refractivity contribution is 6.31. The van der Waals surface area contributed by atoms with Crippen LogP contribution in [0.3, 0.4) is 0 Å². The normalized spacial score (nSPS) is 12.2. The van der Waals surface area contributed by atoms with Crippen LogP contribution in [0.25, 0.3) is 0 Å². The van der Waals surface area contributed by atoms with Gasteiger partial charge in [0.15, 0.2) is 5.82 Å². The van der Waals surface area contributed by atoms with Crippen LogP contribution in [0.1, 0.15) is 29.1 Å². The lowest BCUT2D eigenvalue weighted by atomic mass is 10.2. The number of carbonyl (C=O) groups excluding carboxylic acids is 1. The average Bonchev–Trinajstić information content (AvgIpc) is 2.74. The van der Waals surface area contributed by atoms with Gasteiger partial charge in [0, 0.05) is 10.6 Å². The van der Waals surface area contributed by atoms with E-state index in [0.29, 0.717) is 0 Å². The molecular weight excluding hydrogens is 275 g/mol. The van der Waals surface area contributed by atoms with Crippen molar-refractivity contribution in [3.63, 3.8) is 0 Å². The third-order valence-electron chi connectivity index (χ3n) is 2.40. The molecule has 1 aromatic carbocycles. The van der Waals surface area contributed by atoms with Crippen molar-refractivity contribution in [1.82, 2.24) is 20.5 Å². The summed E-state index contributed by atoms with van der Waals surface area (Å²) in [5.41, 5.74) is -0.375. The summed E-state index contributed by atoms with van der Waals surface area (Å²) in [6, 6.07) is 2.99. The second kappa shape index (κ2) is 5.23. The van der Waals surface area contributed by atoms with E-state index in [1.165, 1.54) is 6.07 Å². The Kier molecular flexibility index (Phi) is 3.66. The molecule has 0 saturated heterocycles. The van der Waals surface area contributed by atoms with E-state index < -0.39 is 23.5 Å².